The molecule has 0 bridgehead atoms. The Hall–Kier alpha value is -0.740. The summed E-state index contributed by atoms with van der Waals surface area (Å²) in [6.07, 6.45) is 5.95. The molecule has 1 aliphatic carbocycles. The van der Waals surface area contributed by atoms with Crippen LogP contribution in [0, 0.1) is 5.92 Å². The van der Waals surface area contributed by atoms with Crippen LogP contribution in [0.25, 0.3) is 0 Å². The Bertz CT molecular complexity index is 222. The minimum atomic E-state index is -0.387. The molecule has 1 amide bonds. The van der Waals surface area contributed by atoms with Crippen molar-refractivity contribution in [1.82, 2.24) is 0 Å². The fourth-order valence-corrected chi connectivity index (χ4v) is 1.44. The topological polar surface area (TPSA) is 63.3 Å². The van der Waals surface area contributed by atoms with E-state index in [-0.39, 0.29) is 11.8 Å². The molecule has 4 heteroatoms. The SMILES string of the molecule is NC(=O)[C@H]1CC=CC=C1SO. The molecule has 0 spiro atoms. The number of amides is 1. The maximum Gasteiger partial charge on any atom is 0.225 e. The van der Waals surface area contributed by atoms with Gasteiger partial charge in [0, 0.05) is 16.9 Å². The molecule has 0 aromatic heterocycles. The van der Waals surface area contributed by atoms with Gasteiger partial charge in [-0.25, -0.2) is 0 Å². The van der Waals surface area contributed by atoms with E-state index in [0.717, 1.165) is 0 Å². The van der Waals surface area contributed by atoms with E-state index in [0.29, 0.717) is 23.4 Å². The lowest BCUT2D eigenvalue weighted by molar-refractivity contribution is -0.120. The Morgan fingerprint density at radius 1 is 1.82 bits per heavy atom. The summed E-state index contributed by atoms with van der Waals surface area (Å²) in [5.41, 5.74) is 5.10. The summed E-state index contributed by atoms with van der Waals surface area (Å²) in [6, 6.07) is 0. The summed E-state index contributed by atoms with van der Waals surface area (Å²) in [4.78, 5) is 11.4. The summed E-state index contributed by atoms with van der Waals surface area (Å²) >= 11 is 0.591. The van der Waals surface area contributed by atoms with Crippen LogP contribution in [-0.2, 0) is 4.79 Å². The van der Waals surface area contributed by atoms with Crippen molar-refractivity contribution in [3.05, 3.63) is 23.1 Å². The molecule has 0 unspecified atom stereocenters. The highest BCUT2D eigenvalue weighted by Gasteiger charge is 2.20. The number of allylic oxidation sites excluding steroid dienone is 3. The van der Waals surface area contributed by atoms with Gasteiger partial charge in [0.15, 0.2) is 0 Å². The van der Waals surface area contributed by atoms with Crippen LogP contribution in [-0.4, -0.2) is 10.5 Å². The van der Waals surface area contributed by atoms with Crippen molar-refractivity contribution < 1.29 is 9.35 Å². The second-order valence-electron chi connectivity index (χ2n) is 2.28. The van der Waals surface area contributed by atoms with Crippen LogP contribution in [0.2, 0.25) is 0 Å². The number of hydrogen-bond donors (Lipinski definition) is 2. The fourth-order valence-electron chi connectivity index (χ4n) is 0.960. The number of nitrogens with two attached hydrogens (primary N) is 1. The first-order valence-electron chi connectivity index (χ1n) is 3.23. The van der Waals surface area contributed by atoms with E-state index in [1.54, 1.807) is 12.2 Å². The highest BCUT2D eigenvalue weighted by Crippen LogP contribution is 2.27. The molecule has 1 rings (SSSR count). The Labute approximate surface area is 69.2 Å². The van der Waals surface area contributed by atoms with Crippen molar-refractivity contribution in [3.8, 4) is 0 Å². The molecular weight excluding hydrogens is 162 g/mol. The number of hydrogen-bond acceptors (Lipinski definition) is 3. The maximum absolute atomic E-state index is 10.7. The molecule has 0 aromatic carbocycles. The van der Waals surface area contributed by atoms with Crippen molar-refractivity contribution in [2.75, 3.05) is 0 Å². The van der Waals surface area contributed by atoms with Crippen LogP contribution in [0.15, 0.2) is 23.1 Å². The molecule has 0 saturated heterocycles. The standard InChI is InChI=1S/C7H9NO2S/c8-7(9)5-3-1-2-4-6(5)11-10/h1-2,4-5,10H,3H2,(H2,8,9)/t5-/m0/s1. The molecule has 11 heavy (non-hydrogen) atoms. The van der Waals surface area contributed by atoms with Crippen molar-refractivity contribution in [2.45, 2.75) is 6.42 Å². The van der Waals surface area contributed by atoms with E-state index in [1.165, 1.54) is 0 Å². The first-order valence-corrected chi connectivity index (χ1v) is 4.00. The lowest BCUT2D eigenvalue weighted by Gasteiger charge is -2.14. The highest BCUT2D eigenvalue weighted by atomic mass is 32.2. The van der Waals surface area contributed by atoms with Crippen molar-refractivity contribution in [3.63, 3.8) is 0 Å². The second kappa shape index (κ2) is 3.59. The molecule has 60 valence electrons. The van der Waals surface area contributed by atoms with Crippen molar-refractivity contribution in [1.29, 1.82) is 0 Å². The van der Waals surface area contributed by atoms with Gasteiger partial charge in [0.05, 0.1) is 5.92 Å². The van der Waals surface area contributed by atoms with Crippen LogP contribution < -0.4 is 5.73 Å². The Morgan fingerprint density at radius 2 is 2.55 bits per heavy atom. The summed E-state index contributed by atoms with van der Waals surface area (Å²) in [5, 5.41) is 0. The van der Waals surface area contributed by atoms with Crippen molar-refractivity contribution >= 4 is 17.9 Å². The van der Waals surface area contributed by atoms with Gasteiger partial charge in [-0.15, -0.1) is 0 Å². The van der Waals surface area contributed by atoms with Gasteiger partial charge in [-0.2, -0.15) is 0 Å². The average molecular weight is 171 g/mol. The second-order valence-corrected chi connectivity index (χ2v) is 2.93. The van der Waals surface area contributed by atoms with Gasteiger partial charge in [0.25, 0.3) is 0 Å². The third-order valence-electron chi connectivity index (χ3n) is 1.56. The van der Waals surface area contributed by atoms with Gasteiger partial charge in [-0.05, 0) is 12.5 Å². The zero-order valence-electron chi connectivity index (χ0n) is 5.86. The predicted octanol–water partition coefficient (Wildman–Crippen LogP) is 1.14. The van der Waals surface area contributed by atoms with Gasteiger partial charge < -0.3 is 10.3 Å². The predicted molar refractivity (Wildman–Crippen MR) is 44.7 cm³/mol. The van der Waals surface area contributed by atoms with Crippen LogP contribution in [0.4, 0.5) is 0 Å². The number of carbonyl (C=O) groups is 1. The van der Waals surface area contributed by atoms with Crippen molar-refractivity contribution in [2.24, 2.45) is 11.7 Å². The largest absolute Gasteiger partial charge is 0.369 e. The highest BCUT2D eigenvalue weighted by molar-refractivity contribution is 7.97. The van der Waals surface area contributed by atoms with E-state index in [9.17, 15) is 4.79 Å². The quantitative estimate of drug-likeness (QED) is 0.612. The molecule has 0 saturated carbocycles. The van der Waals surface area contributed by atoms with Gasteiger partial charge in [-0.3, -0.25) is 4.79 Å². The normalized spacial score (nSPS) is 23.0. The van der Waals surface area contributed by atoms with Gasteiger partial charge in [-0.1, -0.05) is 12.2 Å². The van der Waals surface area contributed by atoms with Crippen LogP contribution in [0.1, 0.15) is 6.42 Å². The molecule has 0 aliphatic heterocycles. The van der Waals surface area contributed by atoms with E-state index >= 15 is 0 Å². The first kappa shape index (κ1) is 8.36. The first-order chi connectivity index (χ1) is 5.25. The summed E-state index contributed by atoms with van der Waals surface area (Å²) in [6.45, 7) is 0. The number of primary amides is 1. The molecule has 1 atom stereocenters. The Morgan fingerprint density at radius 3 is 3.00 bits per heavy atom. The Kier molecular flexibility index (Phi) is 2.73. The zero-order valence-corrected chi connectivity index (χ0v) is 6.67. The third-order valence-corrected chi connectivity index (χ3v) is 2.19. The smallest absolute Gasteiger partial charge is 0.225 e. The van der Waals surface area contributed by atoms with E-state index in [1.807, 2.05) is 6.08 Å². The minimum absolute atomic E-state index is 0.338. The minimum Gasteiger partial charge on any atom is -0.369 e. The monoisotopic (exact) mass is 171 g/mol. The molecule has 0 heterocycles. The van der Waals surface area contributed by atoms with E-state index in [4.69, 9.17) is 10.3 Å². The van der Waals surface area contributed by atoms with E-state index in [2.05, 4.69) is 0 Å². The fraction of sp³-hybridized carbons (Fsp3) is 0.286. The molecule has 0 radical (unpaired) electrons. The molecule has 1 aliphatic rings. The number of rotatable bonds is 2. The summed E-state index contributed by atoms with van der Waals surface area (Å²) in [7, 11) is 0. The number of carbonyl (C=O) groups excluding carboxylic acids is 1. The molecule has 0 fully saturated rings. The zero-order chi connectivity index (χ0) is 8.27. The maximum atomic E-state index is 10.7. The lowest BCUT2D eigenvalue weighted by atomic mass is 10.0. The molecule has 3 nitrogen and oxygen atoms in total. The molecule has 3 N–H and O–H groups in total. The van der Waals surface area contributed by atoms with Gasteiger partial charge in [0.2, 0.25) is 5.91 Å². The van der Waals surface area contributed by atoms with Crippen LogP contribution in [0.3, 0.4) is 0 Å². The van der Waals surface area contributed by atoms with Gasteiger partial charge in [0.1, 0.15) is 0 Å². The summed E-state index contributed by atoms with van der Waals surface area (Å²) in [5.74, 6) is -0.725. The van der Waals surface area contributed by atoms with Crippen LogP contribution >= 0.6 is 12.0 Å². The van der Waals surface area contributed by atoms with Crippen LogP contribution in [0.5, 0.6) is 0 Å². The lowest BCUT2D eigenvalue weighted by Crippen LogP contribution is -2.24. The van der Waals surface area contributed by atoms with E-state index < -0.39 is 0 Å². The Balaban J connectivity index is 2.75. The summed E-state index contributed by atoms with van der Waals surface area (Å²) < 4.78 is 8.72. The third kappa shape index (κ3) is 1.85. The molecule has 0 aromatic rings. The average Bonchev–Trinajstić information content (AvgIpc) is 2.04. The molecular formula is C7H9NO2S. The van der Waals surface area contributed by atoms with Gasteiger partial charge >= 0.3 is 0 Å².